The van der Waals surface area contributed by atoms with Gasteiger partial charge < -0.3 is 8.98 Å². The normalized spacial score (nSPS) is 11.9. The summed E-state index contributed by atoms with van der Waals surface area (Å²) in [5, 5.41) is 0.900. The highest BCUT2D eigenvalue weighted by Gasteiger charge is 2.29. The van der Waals surface area contributed by atoms with E-state index in [1.54, 1.807) is 17.3 Å². The topological polar surface area (TPSA) is 77.1 Å². The van der Waals surface area contributed by atoms with Crippen LogP contribution in [0.15, 0.2) is 113 Å². The van der Waals surface area contributed by atoms with Crippen molar-refractivity contribution in [2.24, 2.45) is 7.05 Å². The molecule has 6 aromatic rings. The van der Waals surface area contributed by atoms with Gasteiger partial charge in [0.05, 0.1) is 11.9 Å². The van der Waals surface area contributed by atoms with Crippen LogP contribution in [0.25, 0.3) is 33.4 Å². The number of fused-ring (bicyclic) bond motifs is 1. The van der Waals surface area contributed by atoms with Crippen LogP contribution in [0.4, 0.5) is 5.88 Å². The van der Waals surface area contributed by atoms with Crippen molar-refractivity contribution in [1.29, 1.82) is 0 Å². The fourth-order valence-corrected chi connectivity index (χ4v) is 5.18. The number of carbonyl (C=O) groups excluding carboxylic acids is 1. The minimum Gasteiger partial charge on any atom is -0.440 e. The number of hydrogen-bond acceptors (Lipinski definition) is 5. The molecular weight excluding hydrogens is 554 g/mol. The summed E-state index contributed by atoms with van der Waals surface area (Å²) >= 11 is 3.51. The lowest BCUT2D eigenvalue weighted by atomic mass is 10.0. The average Bonchev–Trinajstić information content (AvgIpc) is 3.57. The highest BCUT2D eigenvalue weighted by atomic mass is 79.9. The van der Waals surface area contributed by atoms with Gasteiger partial charge in [0.25, 0.3) is 0 Å². The minimum atomic E-state index is -0.449. The lowest BCUT2D eigenvalue weighted by Gasteiger charge is -2.26. The Labute approximate surface area is 233 Å². The first-order chi connectivity index (χ1) is 19.1. The number of imidazole rings is 1. The number of anilines is 1. The second-order valence-electron chi connectivity index (χ2n) is 9.20. The number of hydrogen-bond donors (Lipinski definition) is 0. The van der Waals surface area contributed by atoms with Crippen molar-refractivity contribution >= 4 is 39.2 Å². The number of nitrogens with zero attached hydrogens (tertiary/aromatic N) is 5. The van der Waals surface area contributed by atoms with Crippen LogP contribution in [0.2, 0.25) is 0 Å². The average molecular weight is 578 g/mol. The molecule has 0 radical (unpaired) electrons. The molecule has 1 unspecified atom stereocenters. The Morgan fingerprint density at radius 2 is 1.77 bits per heavy atom. The molecule has 6 rings (SSSR count). The van der Waals surface area contributed by atoms with E-state index in [9.17, 15) is 4.79 Å². The van der Waals surface area contributed by atoms with Gasteiger partial charge in [-0.25, -0.2) is 4.98 Å². The molecule has 192 valence electrons. The van der Waals surface area contributed by atoms with Gasteiger partial charge >= 0.3 is 0 Å². The third-order valence-electron chi connectivity index (χ3n) is 6.80. The van der Waals surface area contributed by atoms with E-state index in [4.69, 9.17) is 9.40 Å². The number of halogens is 1. The predicted molar refractivity (Wildman–Crippen MR) is 155 cm³/mol. The van der Waals surface area contributed by atoms with Crippen LogP contribution in [0.3, 0.4) is 0 Å². The van der Waals surface area contributed by atoms with Crippen molar-refractivity contribution in [3.63, 3.8) is 0 Å². The zero-order chi connectivity index (χ0) is 26.8. The van der Waals surface area contributed by atoms with Gasteiger partial charge in [-0.3, -0.25) is 19.7 Å². The number of carbonyl (C=O) groups is 1. The van der Waals surface area contributed by atoms with E-state index >= 15 is 0 Å². The summed E-state index contributed by atoms with van der Waals surface area (Å²) in [6, 6.07) is 25.2. The molecule has 0 saturated carbocycles. The Morgan fingerprint density at radius 1 is 0.923 bits per heavy atom. The monoisotopic (exact) mass is 577 g/mol. The van der Waals surface area contributed by atoms with Crippen molar-refractivity contribution < 1.29 is 9.21 Å². The number of amides is 1. The van der Waals surface area contributed by atoms with Crippen molar-refractivity contribution in [3.05, 3.63) is 120 Å². The van der Waals surface area contributed by atoms with E-state index in [1.807, 2.05) is 78.6 Å². The van der Waals surface area contributed by atoms with E-state index in [0.717, 1.165) is 50.2 Å². The Kier molecular flexibility index (Phi) is 6.77. The molecule has 0 spiro atoms. The van der Waals surface area contributed by atoms with Gasteiger partial charge in [-0.1, -0.05) is 52.3 Å². The smallest absolute Gasteiger partial charge is 0.217 e. The fourth-order valence-electron chi connectivity index (χ4n) is 4.81. The first-order valence-electron chi connectivity index (χ1n) is 12.5. The van der Waals surface area contributed by atoms with Crippen LogP contribution in [0.5, 0.6) is 0 Å². The maximum absolute atomic E-state index is 12.6. The molecule has 4 aromatic heterocycles. The number of rotatable bonds is 8. The summed E-state index contributed by atoms with van der Waals surface area (Å²) in [5.41, 5.74) is 5.65. The maximum atomic E-state index is 12.6. The van der Waals surface area contributed by atoms with Gasteiger partial charge in [0.15, 0.2) is 0 Å². The second-order valence-corrected chi connectivity index (χ2v) is 10.1. The summed E-state index contributed by atoms with van der Waals surface area (Å²) in [4.78, 5) is 27.8. The Balaban J connectivity index is 1.39. The molecule has 0 N–H and O–H groups in total. The highest BCUT2D eigenvalue weighted by Crippen LogP contribution is 2.35. The Bertz CT molecular complexity index is 1730. The van der Waals surface area contributed by atoms with Crippen LogP contribution in [-0.2, 0) is 18.3 Å². The van der Waals surface area contributed by atoms with E-state index < -0.39 is 6.04 Å². The van der Waals surface area contributed by atoms with Gasteiger partial charge in [-0.15, -0.1) is 0 Å². The molecule has 1 atom stereocenters. The summed E-state index contributed by atoms with van der Waals surface area (Å²) in [6.45, 7) is 0. The van der Waals surface area contributed by atoms with E-state index in [2.05, 4.69) is 50.2 Å². The first-order valence-corrected chi connectivity index (χ1v) is 13.2. The summed E-state index contributed by atoms with van der Waals surface area (Å²) in [6.07, 6.45) is 8.48. The molecule has 8 heteroatoms. The zero-order valence-corrected chi connectivity index (χ0v) is 22.7. The molecule has 39 heavy (non-hydrogen) atoms. The molecule has 0 fully saturated rings. The molecule has 0 aliphatic carbocycles. The van der Waals surface area contributed by atoms with Crippen LogP contribution in [0.1, 0.15) is 17.6 Å². The molecule has 4 heterocycles. The predicted octanol–water partition coefficient (Wildman–Crippen LogP) is 7.00. The van der Waals surface area contributed by atoms with Gasteiger partial charge in [-0.2, -0.15) is 0 Å². The van der Waals surface area contributed by atoms with Gasteiger partial charge in [0.1, 0.15) is 17.4 Å². The number of aromatic nitrogens is 4. The minimum absolute atomic E-state index is 0.449. The molecule has 0 aliphatic heterocycles. The summed E-state index contributed by atoms with van der Waals surface area (Å²) in [5.74, 6) is 1.17. The largest absolute Gasteiger partial charge is 0.440 e. The zero-order valence-electron chi connectivity index (χ0n) is 21.1. The lowest BCUT2D eigenvalue weighted by Crippen LogP contribution is -2.31. The molecule has 0 bridgehead atoms. The number of pyridine rings is 2. The van der Waals surface area contributed by atoms with E-state index in [1.165, 1.54) is 0 Å². The van der Waals surface area contributed by atoms with Crippen LogP contribution in [-0.4, -0.2) is 25.9 Å². The Hall–Kier alpha value is -4.56. The van der Waals surface area contributed by atoms with Gasteiger partial charge in [-0.05, 0) is 53.1 Å². The van der Waals surface area contributed by atoms with Crippen molar-refractivity contribution in [1.82, 2.24) is 19.5 Å². The second kappa shape index (κ2) is 10.7. The van der Waals surface area contributed by atoms with Gasteiger partial charge in [0.2, 0.25) is 12.3 Å². The van der Waals surface area contributed by atoms with Crippen molar-refractivity contribution in [2.75, 3.05) is 4.90 Å². The quantitative estimate of drug-likeness (QED) is 0.182. The lowest BCUT2D eigenvalue weighted by molar-refractivity contribution is -0.108. The third-order valence-corrected chi connectivity index (χ3v) is 7.29. The van der Waals surface area contributed by atoms with Crippen molar-refractivity contribution in [3.8, 4) is 22.4 Å². The molecule has 7 nitrogen and oxygen atoms in total. The third kappa shape index (κ3) is 4.98. The Morgan fingerprint density at radius 3 is 2.51 bits per heavy atom. The number of benzene rings is 2. The standard InChI is InChI=1S/C31H24BrN5O2/c1-36-28(22-9-7-21(8-10-22)23-5-4-13-33-18-23)19-35-31(36)27(17-26-6-2-3-14-34-26)37(20-38)30-16-24-15-25(32)11-12-29(24)39-30/h2-16,18-20,27H,17H2,1H3. The highest BCUT2D eigenvalue weighted by molar-refractivity contribution is 9.10. The van der Waals surface area contributed by atoms with Crippen molar-refractivity contribution in [2.45, 2.75) is 12.5 Å². The van der Waals surface area contributed by atoms with Crippen LogP contribution >= 0.6 is 15.9 Å². The first kappa shape index (κ1) is 24.8. The molecular formula is C31H24BrN5O2. The van der Waals surface area contributed by atoms with Crippen LogP contribution in [0, 0.1) is 0 Å². The van der Waals surface area contributed by atoms with E-state index in [-0.39, 0.29) is 0 Å². The molecule has 1 amide bonds. The van der Waals surface area contributed by atoms with Crippen LogP contribution < -0.4 is 4.90 Å². The molecule has 2 aromatic carbocycles. The fraction of sp³-hybridized carbons (Fsp3) is 0.0968. The van der Waals surface area contributed by atoms with E-state index in [0.29, 0.717) is 17.9 Å². The SMILES string of the molecule is Cn1c(-c2ccc(-c3cccnc3)cc2)cnc1C(Cc1ccccn1)N(C=O)c1cc2cc(Br)ccc2o1. The summed E-state index contributed by atoms with van der Waals surface area (Å²) in [7, 11) is 1.97. The maximum Gasteiger partial charge on any atom is 0.217 e. The molecule has 0 aliphatic rings. The van der Waals surface area contributed by atoms with Gasteiger partial charge in [0, 0.05) is 53.7 Å². The summed E-state index contributed by atoms with van der Waals surface area (Å²) < 4.78 is 9.08. The molecule has 0 saturated heterocycles. The number of furan rings is 1.